The molecule has 0 unspecified atom stereocenters. The molecule has 0 aliphatic heterocycles. The van der Waals surface area contributed by atoms with Crippen molar-refractivity contribution in [2.75, 3.05) is 7.11 Å². The lowest BCUT2D eigenvalue weighted by Gasteiger charge is -2.62. The summed E-state index contributed by atoms with van der Waals surface area (Å²) >= 11 is 0. The molecule has 0 bridgehead atoms. The van der Waals surface area contributed by atoms with E-state index in [-0.39, 0.29) is 0 Å². The van der Waals surface area contributed by atoms with Gasteiger partial charge in [-0.25, -0.2) is 0 Å². The van der Waals surface area contributed by atoms with Crippen molar-refractivity contribution in [1.82, 2.24) is 0 Å². The Bertz CT molecular complexity index is 562. The van der Waals surface area contributed by atoms with E-state index in [4.69, 9.17) is 9.15 Å². The third-order valence-electron chi connectivity index (χ3n) is 7.94. The van der Waals surface area contributed by atoms with Crippen molar-refractivity contribution in [2.24, 2.45) is 23.2 Å². The summed E-state index contributed by atoms with van der Waals surface area (Å²) in [6.07, 6.45) is 12.3. The number of hydrogen-bond donors (Lipinski definition) is 0. The molecule has 0 amide bonds. The molecule has 0 radical (unpaired) electrons. The van der Waals surface area contributed by atoms with Crippen LogP contribution in [0.5, 0.6) is 0 Å². The molecule has 4 rings (SSSR count). The van der Waals surface area contributed by atoms with Gasteiger partial charge in [-0.1, -0.05) is 20.8 Å². The zero-order chi connectivity index (χ0) is 15.5. The predicted molar refractivity (Wildman–Crippen MR) is 87.9 cm³/mol. The highest BCUT2D eigenvalue weighted by Gasteiger charge is 2.59. The first-order valence-electron chi connectivity index (χ1n) is 9.09. The topological polar surface area (TPSA) is 22.4 Å². The van der Waals surface area contributed by atoms with Gasteiger partial charge in [-0.05, 0) is 78.2 Å². The average molecular weight is 302 g/mol. The Morgan fingerprint density at radius 1 is 1.14 bits per heavy atom. The maximum absolute atomic E-state index is 5.79. The highest BCUT2D eigenvalue weighted by molar-refractivity contribution is 5.35. The molecule has 6 atom stereocenters. The number of fused-ring (bicyclic) bond motifs is 5. The van der Waals surface area contributed by atoms with E-state index < -0.39 is 0 Å². The highest BCUT2D eigenvalue weighted by atomic mass is 16.5. The second-order valence-electron chi connectivity index (χ2n) is 8.64. The second-order valence-corrected chi connectivity index (χ2v) is 8.64. The molecule has 122 valence electrons. The van der Waals surface area contributed by atoms with Gasteiger partial charge in [-0.3, -0.25) is 0 Å². The van der Waals surface area contributed by atoms with E-state index in [1.165, 1.54) is 49.7 Å². The molecule has 3 aliphatic carbocycles. The van der Waals surface area contributed by atoms with E-state index in [0.717, 1.165) is 11.8 Å². The Morgan fingerprint density at radius 3 is 2.73 bits per heavy atom. The van der Waals surface area contributed by atoms with Crippen LogP contribution in [0.15, 0.2) is 16.9 Å². The molecule has 1 aromatic heterocycles. The van der Waals surface area contributed by atoms with Crippen LogP contribution in [0.25, 0.3) is 0 Å². The Balaban J connectivity index is 1.73. The Kier molecular flexibility index (Phi) is 3.28. The second kappa shape index (κ2) is 4.87. The van der Waals surface area contributed by atoms with Crippen LogP contribution in [-0.2, 0) is 16.6 Å². The summed E-state index contributed by atoms with van der Waals surface area (Å²) in [6, 6.07) is 0. The lowest BCUT2D eigenvalue weighted by molar-refractivity contribution is -0.125. The first kappa shape index (κ1) is 14.8. The molecule has 2 saturated carbocycles. The fourth-order valence-electron chi connectivity index (χ4n) is 6.77. The molecule has 2 fully saturated rings. The Morgan fingerprint density at radius 2 is 1.95 bits per heavy atom. The molecule has 1 aromatic rings. The van der Waals surface area contributed by atoms with E-state index in [1.54, 1.807) is 0 Å². The molecule has 22 heavy (non-hydrogen) atoms. The van der Waals surface area contributed by atoms with Gasteiger partial charge in [0.25, 0.3) is 0 Å². The van der Waals surface area contributed by atoms with Gasteiger partial charge >= 0.3 is 0 Å². The van der Waals surface area contributed by atoms with Crippen molar-refractivity contribution in [1.29, 1.82) is 0 Å². The van der Waals surface area contributed by atoms with Gasteiger partial charge in [0, 0.05) is 7.11 Å². The Hall–Kier alpha value is -0.760. The summed E-state index contributed by atoms with van der Waals surface area (Å²) in [7, 11) is 1.90. The number of hydrogen-bond acceptors (Lipinski definition) is 2. The molecule has 2 heteroatoms. The SMILES string of the molecule is CO[C@H]1CC[C@]2(C)[C@H]3CCc4cocc4[C@]3(C)CC[C@H]2[C@@H]1C. The summed E-state index contributed by atoms with van der Waals surface area (Å²) in [6.45, 7) is 7.54. The standard InChI is InChI=1S/C20H30O2/c1-13-15-7-9-20(3)16-12-22-11-14(16)5-6-18(20)19(15,2)10-8-17(13)21-4/h11-13,15,17-18H,5-10H2,1-4H3/t13-,15-,17-,18+,19-,20-/m0/s1. The molecule has 0 N–H and O–H groups in total. The lowest BCUT2D eigenvalue weighted by Crippen LogP contribution is -2.57. The van der Waals surface area contributed by atoms with Gasteiger partial charge in [-0.2, -0.15) is 0 Å². The molecule has 0 aromatic carbocycles. The minimum absolute atomic E-state index is 0.325. The van der Waals surface area contributed by atoms with E-state index in [2.05, 4.69) is 27.0 Å². The van der Waals surface area contributed by atoms with Crippen LogP contribution >= 0.6 is 0 Å². The van der Waals surface area contributed by atoms with E-state index in [9.17, 15) is 0 Å². The van der Waals surface area contributed by atoms with E-state index in [1.807, 2.05) is 13.4 Å². The number of methoxy groups -OCH3 is 1. The molecular formula is C20H30O2. The average Bonchev–Trinajstić information content (AvgIpc) is 2.97. The largest absolute Gasteiger partial charge is 0.472 e. The first-order chi connectivity index (χ1) is 10.5. The molecule has 3 aliphatic rings. The monoisotopic (exact) mass is 302 g/mol. The molecular weight excluding hydrogens is 272 g/mol. The fraction of sp³-hybridized carbons (Fsp3) is 0.800. The zero-order valence-electron chi connectivity index (χ0n) is 14.5. The van der Waals surface area contributed by atoms with Crippen LogP contribution in [0.1, 0.15) is 64.0 Å². The normalized spacial score (nSPS) is 47.5. The fourth-order valence-corrected chi connectivity index (χ4v) is 6.77. The first-order valence-corrected chi connectivity index (χ1v) is 9.09. The minimum atomic E-state index is 0.325. The van der Waals surface area contributed by atoms with Gasteiger partial charge in [0.1, 0.15) is 0 Å². The van der Waals surface area contributed by atoms with Gasteiger partial charge in [0.2, 0.25) is 0 Å². The number of ether oxygens (including phenoxy) is 1. The van der Waals surface area contributed by atoms with E-state index in [0.29, 0.717) is 22.9 Å². The van der Waals surface area contributed by atoms with Crippen LogP contribution < -0.4 is 0 Å². The lowest BCUT2D eigenvalue weighted by atomic mass is 9.43. The van der Waals surface area contributed by atoms with Crippen LogP contribution in [0, 0.1) is 23.2 Å². The number of aryl methyl sites for hydroxylation is 1. The van der Waals surface area contributed by atoms with Crippen molar-refractivity contribution in [3.05, 3.63) is 23.7 Å². The Labute approximate surface area is 134 Å². The van der Waals surface area contributed by atoms with Gasteiger partial charge in [0.05, 0.1) is 18.6 Å². The third kappa shape index (κ3) is 1.76. The van der Waals surface area contributed by atoms with Gasteiger partial charge in [-0.15, -0.1) is 0 Å². The highest BCUT2D eigenvalue weighted by Crippen LogP contribution is 2.64. The minimum Gasteiger partial charge on any atom is -0.472 e. The van der Waals surface area contributed by atoms with Crippen molar-refractivity contribution in [3.8, 4) is 0 Å². The summed E-state index contributed by atoms with van der Waals surface area (Å²) in [5, 5.41) is 0. The summed E-state index contributed by atoms with van der Waals surface area (Å²) in [5.41, 5.74) is 3.78. The molecule has 0 spiro atoms. The zero-order valence-corrected chi connectivity index (χ0v) is 14.5. The third-order valence-corrected chi connectivity index (χ3v) is 7.94. The van der Waals surface area contributed by atoms with Crippen LogP contribution in [0.3, 0.4) is 0 Å². The molecule has 1 heterocycles. The summed E-state index contributed by atoms with van der Waals surface area (Å²) in [4.78, 5) is 0. The van der Waals surface area contributed by atoms with Crippen molar-refractivity contribution < 1.29 is 9.15 Å². The number of rotatable bonds is 1. The smallest absolute Gasteiger partial charge is 0.0943 e. The number of furan rings is 1. The van der Waals surface area contributed by atoms with Crippen LogP contribution in [0.4, 0.5) is 0 Å². The summed E-state index contributed by atoms with van der Waals surface area (Å²) in [5.74, 6) is 2.31. The van der Waals surface area contributed by atoms with E-state index >= 15 is 0 Å². The maximum atomic E-state index is 5.79. The summed E-state index contributed by atoms with van der Waals surface area (Å²) < 4.78 is 11.4. The molecule has 0 saturated heterocycles. The van der Waals surface area contributed by atoms with Crippen molar-refractivity contribution in [3.63, 3.8) is 0 Å². The van der Waals surface area contributed by atoms with Crippen molar-refractivity contribution >= 4 is 0 Å². The molecule has 2 nitrogen and oxygen atoms in total. The van der Waals surface area contributed by atoms with Gasteiger partial charge in [0.15, 0.2) is 0 Å². The predicted octanol–water partition coefficient (Wildman–Crippen LogP) is 4.96. The quantitative estimate of drug-likeness (QED) is 0.731. The van der Waals surface area contributed by atoms with Crippen molar-refractivity contribution in [2.45, 2.75) is 70.8 Å². The van der Waals surface area contributed by atoms with Gasteiger partial charge < -0.3 is 9.15 Å². The van der Waals surface area contributed by atoms with Crippen LogP contribution in [-0.4, -0.2) is 13.2 Å². The van der Waals surface area contributed by atoms with Crippen LogP contribution in [0.2, 0.25) is 0 Å². The maximum Gasteiger partial charge on any atom is 0.0943 e.